The van der Waals surface area contributed by atoms with Crippen molar-refractivity contribution in [1.82, 2.24) is 9.80 Å². The van der Waals surface area contributed by atoms with Crippen LogP contribution in [0.5, 0.6) is 0 Å². The van der Waals surface area contributed by atoms with Crippen LogP contribution in [0.25, 0.3) is 0 Å². The molecule has 2 unspecified atom stereocenters. The Kier molecular flexibility index (Phi) is 3.92. The molecule has 0 bridgehead atoms. The highest BCUT2D eigenvalue weighted by Crippen LogP contribution is 2.24. The summed E-state index contributed by atoms with van der Waals surface area (Å²) in [4.78, 5) is 5.01. The standard InChI is InChI=1S/C12H23ClN2/c1-10-7-15(9-12(10)13)8-11-3-5-14(2)6-4-11/h10-12H,3-9H2,1-2H3. The molecule has 0 aromatic rings. The number of likely N-dealkylation sites (tertiary alicyclic amines) is 2. The topological polar surface area (TPSA) is 6.48 Å². The molecule has 3 heteroatoms. The van der Waals surface area contributed by atoms with Gasteiger partial charge in [-0.2, -0.15) is 0 Å². The van der Waals surface area contributed by atoms with Crippen LogP contribution in [0.4, 0.5) is 0 Å². The van der Waals surface area contributed by atoms with Crippen LogP contribution in [0.3, 0.4) is 0 Å². The molecule has 2 aliphatic heterocycles. The van der Waals surface area contributed by atoms with Crippen molar-refractivity contribution in [2.75, 3.05) is 39.8 Å². The summed E-state index contributed by atoms with van der Waals surface area (Å²) in [6, 6.07) is 0. The van der Waals surface area contributed by atoms with Crippen LogP contribution in [-0.2, 0) is 0 Å². The molecule has 88 valence electrons. The van der Waals surface area contributed by atoms with Crippen molar-refractivity contribution < 1.29 is 0 Å². The molecule has 0 N–H and O–H groups in total. The Morgan fingerprint density at radius 1 is 1.20 bits per heavy atom. The van der Waals surface area contributed by atoms with Gasteiger partial charge < -0.3 is 9.80 Å². The van der Waals surface area contributed by atoms with Crippen molar-refractivity contribution in [2.45, 2.75) is 25.1 Å². The second-order valence-corrected chi connectivity index (χ2v) is 6.02. The van der Waals surface area contributed by atoms with Gasteiger partial charge in [0.1, 0.15) is 0 Å². The van der Waals surface area contributed by atoms with Crippen LogP contribution >= 0.6 is 11.6 Å². The maximum atomic E-state index is 6.25. The van der Waals surface area contributed by atoms with E-state index in [4.69, 9.17) is 11.6 Å². The summed E-state index contributed by atoms with van der Waals surface area (Å²) < 4.78 is 0. The fourth-order valence-corrected chi connectivity index (χ4v) is 3.06. The monoisotopic (exact) mass is 230 g/mol. The molecule has 0 radical (unpaired) electrons. The zero-order valence-corrected chi connectivity index (χ0v) is 10.7. The van der Waals surface area contributed by atoms with Gasteiger partial charge in [0.2, 0.25) is 0 Å². The highest BCUT2D eigenvalue weighted by Gasteiger charge is 2.29. The average molecular weight is 231 g/mol. The van der Waals surface area contributed by atoms with E-state index < -0.39 is 0 Å². The van der Waals surface area contributed by atoms with Crippen molar-refractivity contribution >= 4 is 11.6 Å². The molecular formula is C12H23ClN2. The van der Waals surface area contributed by atoms with Crippen LogP contribution < -0.4 is 0 Å². The normalized spacial score (nSPS) is 36.2. The number of hydrogen-bond donors (Lipinski definition) is 0. The van der Waals surface area contributed by atoms with Crippen molar-refractivity contribution in [3.63, 3.8) is 0 Å². The van der Waals surface area contributed by atoms with Gasteiger partial charge in [0.15, 0.2) is 0 Å². The third-order valence-electron chi connectivity index (χ3n) is 3.95. The number of halogens is 1. The SMILES string of the molecule is CC1CN(CC2CCN(C)CC2)CC1Cl. The Bertz CT molecular complexity index is 192. The summed E-state index contributed by atoms with van der Waals surface area (Å²) in [6.07, 6.45) is 2.74. The van der Waals surface area contributed by atoms with Gasteiger partial charge in [-0.05, 0) is 44.8 Å². The zero-order valence-electron chi connectivity index (χ0n) is 9.95. The van der Waals surface area contributed by atoms with E-state index in [2.05, 4.69) is 23.8 Å². The lowest BCUT2D eigenvalue weighted by Crippen LogP contribution is -2.36. The van der Waals surface area contributed by atoms with Crippen LogP contribution in [0.1, 0.15) is 19.8 Å². The van der Waals surface area contributed by atoms with E-state index in [0.29, 0.717) is 11.3 Å². The summed E-state index contributed by atoms with van der Waals surface area (Å²) in [7, 11) is 2.23. The first-order chi connectivity index (χ1) is 7.15. The Hall–Kier alpha value is 0.210. The van der Waals surface area contributed by atoms with Gasteiger partial charge in [-0.25, -0.2) is 0 Å². The largest absolute Gasteiger partial charge is 0.306 e. The van der Waals surface area contributed by atoms with Gasteiger partial charge in [0.05, 0.1) is 5.38 Å². The lowest BCUT2D eigenvalue weighted by atomic mass is 9.97. The van der Waals surface area contributed by atoms with Crippen molar-refractivity contribution in [3.8, 4) is 0 Å². The number of nitrogens with zero attached hydrogens (tertiary/aromatic N) is 2. The Balaban J connectivity index is 1.73. The van der Waals surface area contributed by atoms with Gasteiger partial charge in [-0.1, -0.05) is 6.92 Å². The average Bonchev–Trinajstić information content (AvgIpc) is 2.50. The first-order valence-corrected chi connectivity index (χ1v) is 6.63. The van der Waals surface area contributed by atoms with E-state index in [0.717, 1.165) is 12.5 Å². The third kappa shape index (κ3) is 3.08. The van der Waals surface area contributed by atoms with Gasteiger partial charge in [-0.15, -0.1) is 11.6 Å². The number of alkyl halides is 1. The molecule has 0 aromatic carbocycles. The number of piperidine rings is 1. The van der Waals surface area contributed by atoms with Gasteiger partial charge in [0, 0.05) is 19.6 Å². The molecule has 0 aliphatic carbocycles. The first-order valence-electron chi connectivity index (χ1n) is 6.20. The maximum Gasteiger partial charge on any atom is 0.0500 e. The lowest BCUT2D eigenvalue weighted by molar-refractivity contribution is 0.174. The minimum Gasteiger partial charge on any atom is -0.306 e. The van der Waals surface area contributed by atoms with Crippen molar-refractivity contribution in [3.05, 3.63) is 0 Å². The second kappa shape index (κ2) is 5.03. The Morgan fingerprint density at radius 3 is 2.40 bits per heavy atom. The predicted octanol–water partition coefficient (Wildman–Crippen LogP) is 1.89. The number of hydrogen-bond acceptors (Lipinski definition) is 2. The summed E-state index contributed by atoms with van der Waals surface area (Å²) in [5.41, 5.74) is 0. The minimum absolute atomic E-state index is 0.385. The predicted molar refractivity (Wildman–Crippen MR) is 65.5 cm³/mol. The molecule has 2 heterocycles. The fraction of sp³-hybridized carbons (Fsp3) is 1.00. The van der Waals surface area contributed by atoms with Gasteiger partial charge in [0.25, 0.3) is 0 Å². The zero-order chi connectivity index (χ0) is 10.8. The smallest absolute Gasteiger partial charge is 0.0500 e. The van der Waals surface area contributed by atoms with Crippen molar-refractivity contribution in [1.29, 1.82) is 0 Å². The third-order valence-corrected chi connectivity index (χ3v) is 4.52. The number of rotatable bonds is 2. The Labute approximate surface area is 98.6 Å². The first kappa shape index (κ1) is 11.7. The van der Waals surface area contributed by atoms with Crippen LogP contribution in [0, 0.1) is 11.8 Å². The molecule has 15 heavy (non-hydrogen) atoms. The molecule has 2 atom stereocenters. The highest BCUT2D eigenvalue weighted by molar-refractivity contribution is 6.21. The summed E-state index contributed by atoms with van der Waals surface area (Å²) in [6.45, 7) is 8.42. The molecule has 2 rings (SSSR count). The van der Waals surface area contributed by atoms with Crippen LogP contribution in [0.2, 0.25) is 0 Å². The molecule has 0 amide bonds. The van der Waals surface area contributed by atoms with E-state index in [1.807, 2.05) is 0 Å². The molecular weight excluding hydrogens is 208 g/mol. The molecule has 2 saturated heterocycles. The van der Waals surface area contributed by atoms with Crippen molar-refractivity contribution in [2.24, 2.45) is 11.8 Å². The van der Waals surface area contributed by atoms with E-state index in [9.17, 15) is 0 Å². The molecule has 0 aromatic heterocycles. The molecule has 2 fully saturated rings. The quantitative estimate of drug-likeness (QED) is 0.669. The minimum atomic E-state index is 0.385. The molecule has 0 saturated carbocycles. The fourth-order valence-electron chi connectivity index (χ4n) is 2.78. The maximum absolute atomic E-state index is 6.25. The van der Waals surface area contributed by atoms with E-state index in [1.54, 1.807) is 0 Å². The molecule has 2 nitrogen and oxygen atoms in total. The van der Waals surface area contributed by atoms with Gasteiger partial charge in [-0.3, -0.25) is 0 Å². The second-order valence-electron chi connectivity index (χ2n) is 5.46. The van der Waals surface area contributed by atoms with E-state index in [1.165, 1.54) is 39.0 Å². The lowest BCUT2D eigenvalue weighted by Gasteiger charge is -2.31. The van der Waals surface area contributed by atoms with Crippen LogP contribution in [-0.4, -0.2) is 54.9 Å². The molecule has 2 aliphatic rings. The summed E-state index contributed by atoms with van der Waals surface area (Å²) in [5.74, 6) is 1.59. The Morgan fingerprint density at radius 2 is 1.87 bits per heavy atom. The van der Waals surface area contributed by atoms with E-state index >= 15 is 0 Å². The van der Waals surface area contributed by atoms with Crippen LogP contribution in [0.15, 0.2) is 0 Å². The molecule has 0 spiro atoms. The van der Waals surface area contributed by atoms with Gasteiger partial charge >= 0.3 is 0 Å². The summed E-state index contributed by atoms with van der Waals surface area (Å²) >= 11 is 6.25. The van der Waals surface area contributed by atoms with E-state index in [-0.39, 0.29) is 0 Å². The summed E-state index contributed by atoms with van der Waals surface area (Å²) in [5, 5.41) is 0.385. The highest BCUT2D eigenvalue weighted by atomic mass is 35.5.